The molecule has 0 heterocycles. The second kappa shape index (κ2) is 4.55. The molecule has 0 aromatic carbocycles. The molecule has 0 unspecified atom stereocenters. The van der Waals surface area contributed by atoms with Crippen LogP contribution in [-0.2, 0) is 0 Å². The molecule has 0 nitrogen and oxygen atoms in total. The van der Waals surface area contributed by atoms with Gasteiger partial charge < -0.3 is 0 Å². The highest BCUT2D eigenvalue weighted by Gasteiger charge is 2.01. The summed E-state index contributed by atoms with van der Waals surface area (Å²) in [5, 5.41) is 0. The van der Waals surface area contributed by atoms with Crippen molar-refractivity contribution in [2.75, 3.05) is 0 Å². The smallest absolute Gasteiger partial charge is 0.0169 e. The Hall–Kier alpha value is -0.300. The Bertz CT molecular complexity index is 180. The van der Waals surface area contributed by atoms with Crippen LogP contribution >= 0.6 is 15.9 Å². The van der Waals surface area contributed by atoms with Crippen LogP contribution in [-0.4, -0.2) is 0 Å². The first-order valence-corrected chi connectivity index (χ1v) is 4.42. The summed E-state index contributed by atoms with van der Waals surface area (Å²) in [5.74, 6) is 0. The van der Waals surface area contributed by atoms with E-state index >= 15 is 0 Å². The molecule has 0 aromatic rings. The Morgan fingerprint density at radius 3 is 2.27 bits per heavy atom. The van der Waals surface area contributed by atoms with E-state index in [4.69, 9.17) is 0 Å². The van der Waals surface area contributed by atoms with Gasteiger partial charge in [-0.2, -0.15) is 0 Å². The van der Waals surface area contributed by atoms with Gasteiger partial charge in [0.25, 0.3) is 0 Å². The lowest BCUT2D eigenvalue weighted by molar-refractivity contribution is 0.544. The van der Waals surface area contributed by atoms with E-state index < -0.39 is 0 Å². The van der Waals surface area contributed by atoms with Gasteiger partial charge in [-0.15, -0.1) is 0 Å². The van der Waals surface area contributed by atoms with Gasteiger partial charge in [0.05, 0.1) is 0 Å². The number of hydrogen-bond donors (Lipinski definition) is 0. The molecule has 0 radical (unpaired) electrons. The first-order chi connectivity index (χ1) is 4.95. The van der Waals surface area contributed by atoms with Crippen LogP contribution in [0.3, 0.4) is 0 Å². The minimum absolute atomic E-state index is 0.255. The van der Waals surface area contributed by atoms with Crippen LogP contribution in [0.2, 0.25) is 0 Å². The Kier molecular flexibility index (Phi) is 4.43. The lowest BCUT2D eigenvalue weighted by atomic mass is 9.96. The Morgan fingerprint density at radius 1 is 1.36 bits per heavy atom. The van der Waals surface area contributed by atoms with Crippen LogP contribution in [0, 0.1) is 5.41 Å². The van der Waals surface area contributed by atoms with Crippen LogP contribution in [0.5, 0.6) is 0 Å². The zero-order valence-corrected chi connectivity index (χ0v) is 8.98. The molecule has 0 aliphatic carbocycles. The molecule has 62 valence electrons. The largest absolute Gasteiger partial charge is 0.0979 e. The van der Waals surface area contributed by atoms with Gasteiger partial charge in [0, 0.05) is 4.48 Å². The third kappa shape index (κ3) is 7.60. The van der Waals surface area contributed by atoms with Crippen LogP contribution in [0.1, 0.15) is 20.8 Å². The van der Waals surface area contributed by atoms with Crippen molar-refractivity contribution >= 4 is 15.9 Å². The van der Waals surface area contributed by atoms with Crippen molar-refractivity contribution in [3.63, 3.8) is 0 Å². The van der Waals surface area contributed by atoms with E-state index in [2.05, 4.69) is 49.4 Å². The van der Waals surface area contributed by atoms with Crippen molar-refractivity contribution in [3.05, 3.63) is 35.4 Å². The standard InChI is InChI=1S/C10H15Br/c1-5-9(11)7-6-8-10(2,3)4/h5-8H,1H2,2-4H3/b8-6+,9-7+. The Morgan fingerprint density at radius 2 is 1.91 bits per heavy atom. The van der Waals surface area contributed by atoms with Gasteiger partial charge in [-0.25, -0.2) is 0 Å². The van der Waals surface area contributed by atoms with E-state index in [0.29, 0.717) is 0 Å². The number of allylic oxidation sites excluding steroid dienone is 5. The first-order valence-electron chi connectivity index (χ1n) is 3.63. The maximum Gasteiger partial charge on any atom is 0.0169 e. The van der Waals surface area contributed by atoms with Crippen LogP contribution < -0.4 is 0 Å². The molecule has 0 aliphatic heterocycles. The summed E-state index contributed by atoms with van der Waals surface area (Å²) < 4.78 is 1.01. The van der Waals surface area contributed by atoms with Crippen LogP contribution in [0.4, 0.5) is 0 Å². The maximum atomic E-state index is 3.63. The van der Waals surface area contributed by atoms with Gasteiger partial charge >= 0.3 is 0 Å². The fourth-order valence-corrected chi connectivity index (χ4v) is 0.649. The number of rotatable bonds is 2. The molecule has 0 rings (SSSR count). The SMILES string of the molecule is C=C/C(Br)=C\C=C\C(C)(C)C. The summed E-state index contributed by atoms with van der Waals surface area (Å²) in [6.45, 7) is 10.1. The fraction of sp³-hybridized carbons (Fsp3) is 0.400. The number of halogens is 1. The van der Waals surface area contributed by atoms with Gasteiger partial charge in [0.1, 0.15) is 0 Å². The van der Waals surface area contributed by atoms with E-state index in [0.717, 1.165) is 4.48 Å². The lowest BCUT2D eigenvalue weighted by Gasteiger charge is -2.09. The van der Waals surface area contributed by atoms with E-state index in [1.807, 2.05) is 12.2 Å². The Labute approximate surface area is 77.8 Å². The van der Waals surface area contributed by atoms with Gasteiger partial charge in [0.15, 0.2) is 0 Å². The minimum Gasteiger partial charge on any atom is -0.0979 e. The monoisotopic (exact) mass is 214 g/mol. The summed E-state index contributed by atoms with van der Waals surface area (Å²) in [6, 6.07) is 0. The molecule has 0 spiro atoms. The molecule has 0 fully saturated rings. The average Bonchev–Trinajstić information content (AvgIpc) is 1.85. The summed E-state index contributed by atoms with van der Waals surface area (Å²) in [6.07, 6.45) is 7.94. The topological polar surface area (TPSA) is 0 Å². The van der Waals surface area contributed by atoms with Gasteiger partial charge in [-0.3, -0.25) is 0 Å². The summed E-state index contributed by atoms with van der Waals surface area (Å²) >= 11 is 3.34. The normalized spacial score (nSPS) is 14.0. The van der Waals surface area contributed by atoms with E-state index in [-0.39, 0.29) is 5.41 Å². The third-order valence-electron chi connectivity index (χ3n) is 1.05. The molecule has 0 N–H and O–H groups in total. The van der Waals surface area contributed by atoms with Crippen molar-refractivity contribution in [2.45, 2.75) is 20.8 Å². The quantitative estimate of drug-likeness (QED) is 0.609. The van der Waals surface area contributed by atoms with Gasteiger partial charge in [0.2, 0.25) is 0 Å². The lowest BCUT2D eigenvalue weighted by Crippen LogP contribution is -1.97. The molecule has 0 atom stereocenters. The second-order valence-electron chi connectivity index (χ2n) is 3.48. The fourth-order valence-electron chi connectivity index (χ4n) is 0.497. The second-order valence-corrected chi connectivity index (χ2v) is 4.40. The molecule has 1 heteroatoms. The zero-order chi connectivity index (χ0) is 8.91. The molecule has 0 amide bonds. The van der Waals surface area contributed by atoms with Crippen molar-refractivity contribution < 1.29 is 0 Å². The van der Waals surface area contributed by atoms with Crippen molar-refractivity contribution in [3.8, 4) is 0 Å². The maximum absolute atomic E-state index is 3.63. The molecule has 0 bridgehead atoms. The predicted octanol–water partition coefficient (Wildman–Crippen LogP) is 4.05. The zero-order valence-electron chi connectivity index (χ0n) is 7.39. The molecule has 11 heavy (non-hydrogen) atoms. The molecule has 0 aromatic heterocycles. The third-order valence-corrected chi connectivity index (χ3v) is 1.63. The summed E-state index contributed by atoms with van der Waals surface area (Å²) in [4.78, 5) is 0. The van der Waals surface area contributed by atoms with Crippen LogP contribution in [0.15, 0.2) is 35.4 Å². The molecule has 0 saturated carbocycles. The average molecular weight is 215 g/mol. The van der Waals surface area contributed by atoms with E-state index in [9.17, 15) is 0 Å². The van der Waals surface area contributed by atoms with E-state index in [1.54, 1.807) is 6.08 Å². The van der Waals surface area contributed by atoms with Crippen molar-refractivity contribution in [1.29, 1.82) is 0 Å². The predicted molar refractivity (Wildman–Crippen MR) is 55.8 cm³/mol. The van der Waals surface area contributed by atoms with Crippen LogP contribution in [0.25, 0.3) is 0 Å². The van der Waals surface area contributed by atoms with Crippen molar-refractivity contribution in [1.82, 2.24) is 0 Å². The van der Waals surface area contributed by atoms with Gasteiger partial charge in [-0.05, 0) is 11.5 Å². The molecular formula is C10H15Br. The minimum atomic E-state index is 0.255. The highest BCUT2D eigenvalue weighted by Crippen LogP contribution is 2.15. The molecule has 0 aliphatic rings. The highest BCUT2D eigenvalue weighted by molar-refractivity contribution is 9.11. The molecular weight excluding hydrogens is 200 g/mol. The summed E-state index contributed by atoms with van der Waals surface area (Å²) in [7, 11) is 0. The molecule has 0 saturated heterocycles. The number of hydrogen-bond acceptors (Lipinski definition) is 0. The first kappa shape index (κ1) is 10.7. The Balaban J connectivity index is 4.06. The summed E-state index contributed by atoms with van der Waals surface area (Å²) in [5.41, 5.74) is 0.255. The van der Waals surface area contributed by atoms with Gasteiger partial charge in [-0.1, -0.05) is 61.5 Å². The van der Waals surface area contributed by atoms with Crippen molar-refractivity contribution in [2.24, 2.45) is 5.41 Å². The van der Waals surface area contributed by atoms with E-state index in [1.165, 1.54) is 0 Å². The highest BCUT2D eigenvalue weighted by atomic mass is 79.9.